The molecule has 26 heavy (non-hydrogen) atoms. The Balaban J connectivity index is 1.64. The highest BCUT2D eigenvalue weighted by Gasteiger charge is 2.32. The number of hydrogen-bond donors (Lipinski definition) is 2. The molecule has 1 aromatic rings. The molecular formula is C19H29N3O3S. The van der Waals surface area contributed by atoms with Gasteiger partial charge in [0.2, 0.25) is 15.9 Å². The Hall–Kier alpha value is -1.44. The smallest absolute Gasteiger partial charge is 0.243 e. The molecule has 6 nitrogen and oxygen atoms in total. The molecule has 1 saturated carbocycles. The number of nitrogens with two attached hydrogens (primary N) is 1. The van der Waals surface area contributed by atoms with Crippen LogP contribution in [0.25, 0.3) is 0 Å². The zero-order chi connectivity index (χ0) is 18.6. The normalized spacial score (nSPS) is 22.9. The maximum Gasteiger partial charge on any atom is 0.243 e. The summed E-state index contributed by atoms with van der Waals surface area (Å²) >= 11 is 0. The van der Waals surface area contributed by atoms with E-state index < -0.39 is 10.0 Å². The second-order valence-electron chi connectivity index (χ2n) is 7.39. The molecule has 0 radical (unpaired) electrons. The van der Waals surface area contributed by atoms with Gasteiger partial charge in [0.05, 0.1) is 4.90 Å². The number of piperidine rings is 1. The molecule has 0 bridgehead atoms. The zero-order valence-electron chi connectivity index (χ0n) is 15.2. The van der Waals surface area contributed by atoms with Crippen molar-refractivity contribution in [2.75, 3.05) is 13.1 Å². The van der Waals surface area contributed by atoms with Crippen molar-refractivity contribution in [1.82, 2.24) is 9.62 Å². The van der Waals surface area contributed by atoms with Crippen LogP contribution in [-0.2, 0) is 21.4 Å². The van der Waals surface area contributed by atoms with Gasteiger partial charge in [-0.1, -0.05) is 31.4 Å². The van der Waals surface area contributed by atoms with Gasteiger partial charge in [0.25, 0.3) is 0 Å². The van der Waals surface area contributed by atoms with E-state index in [9.17, 15) is 13.2 Å². The summed E-state index contributed by atoms with van der Waals surface area (Å²) in [5.41, 5.74) is 6.48. The molecule has 1 saturated heterocycles. The van der Waals surface area contributed by atoms with E-state index in [4.69, 9.17) is 5.73 Å². The van der Waals surface area contributed by atoms with Gasteiger partial charge in [0.1, 0.15) is 0 Å². The molecule has 0 spiro atoms. The van der Waals surface area contributed by atoms with Gasteiger partial charge in [0.15, 0.2) is 0 Å². The van der Waals surface area contributed by atoms with Crippen LogP contribution in [-0.4, -0.2) is 37.8 Å². The van der Waals surface area contributed by atoms with Gasteiger partial charge >= 0.3 is 0 Å². The number of nitrogens with one attached hydrogen (secondary N) is 1. The number of hydrogen-bond acceptors (Lipinski definition) is 4. The first-order valence-electron chi connectivity index (χ1n) is 9.60. The number of carbonyl (C=O) groups is 1. The summed E-state index contributed by atoms with van der Waals surface area (Å²) in [6, 6.07) is 6.62. The van der Waals surface area contributed by atoms with Crippen LogP contribution >= 0.6 is 0 Å². The molecule has 1 heterocycles. The van der Waals surface area contributed by atoms with Crippen LogP contribution in [0.15, 0.2) is 29.2 Å². The minimum absolute atomic E-state index is 0.0968. The van der Waals surface area contributed by atoms with E-state index in [1.807, 2.05) is 0 Å². The fourth-order valence-corrected chi connectivity index (χ4v) is 5.43. The van der Waals surface area contributed by atoms with Gasteiger partial charge in [-0.25, -0.2) is 8.42 Å². The van der Waals surface area contributed by atoms with Crippen molar-refractivity contribution in [2.45, 2.75) is 62.4 Å². The van der Waals surface area contributed by atoms with Crippen molar-refractivity contribution in [1.29, 1.82) is 0 Å². The lowest BCUT2D eigenvalue weighted by molar-refractivity contribution is -0.126. The van der Waals surface area contributed by atoms with Crippen LogP contribution in [0.5, 0.6) is 0 Å². The number of benzene rings is 1. The molecule has 3 rings (SSSR count). The van der Waals surface area contributed by atoms with Gasteiger partial charge in [0, 0.05) is 31.6 Å². The third-order valence-electron chi connectivity index (χ3n) is 5.50. The molecule has 7 heteroatoms. The molecule has 1 amide bonds. The molecule has 0 unspecified atom stereocenters. The van der Waals surface area contributed by atoms with Crippen molar-refractivity contribution in [2.24, 2.45) is 11.7 Å². The molecule has 1 aliphatic heterocycles. The zero-order valence-corrected chi connectivity index (χ0v) is 16.0. The second-order valence-corrected chi connectivity index (χ2v) is 9.33. The van der Waals surface area contributed by atoms with E-state index in [1.165, 1.54) is 10.7 Å². The van der Waals surface area contributed by atoms with Gasteiger partial charge in [-0.3, -0.25) is 4.79 Å². The highest BCUT2D eigenvalue weighted by molar-refractivity contribution is 7.89. The topological polar surface area (TPSA) is 92.5 Å². The Kier molecular flexibility index (Phi) is 6.32. The van der Waals surface area contributed by atoms with Gasteiger partial charge < -0.3 is 11.1 Å². The van der Waals surface area contributed by atoms with Crippen LogP contribution in [0, 0.1) is 5.92 Å². The average molecular weight is 380 g/mol. The molecular weight excluding hydrogens is 350 g/mol. The summed E-state index contributed by atoms with van der Waals surface area (Å²) in [6.07, 6.45) is 6.93. The van der Waals surface area contributed by atoms with E-state index in [0.29, 0.717) is 19.6 Å². The fourth-order valence-electron chi connectivity index (χ4n) is 3.91. The molecule has 1 aliphatic carbocycles. The average Bonchev–Trinajstić information content (AvgIpc) is 2.69. The van der Waals surface area contributed by atoms with Crippen molar-refractivity contribution in [3.63, 3.8) is 0 Å². The predicted octanol–water partition coefficient (Wildman–Crippen LogP) is 1.99. The van der Waals surface area contributed by atoms with Crippen molar-refractivity contribution < 1.29 is 13.2 Å². The highest BCUT2D eigenvalue weighted by atomic mass is 32.2. The highest BCUT2D eigenvalue weighted by Crippen LogP contribution is 2.25. The number of nitrogens with zero attached hydrogens (tertiary/aromatic N) is 1. The molecule has 1 atom stereocenters. The summed E-state index contributed by atoms with van der Waals surface area (Å²) in [5, 5.41) is 3.10. The Morgan fingerprint density at radius 1 is 1.08 bits per heavy atom. The van der Waals surface area contributed by atoms with E-state index in [-0.39, 0.29) is 22.8 Å². The van der Waals surface area contributed by atoms with Crippen molar-refractivity contribution >= 4 is 15.9 Å². The van der Waals surface area contributed by atoms with Crippen LogP contribution in [0.1, 0.15) is 50.5 Å². The van der Waals surface area contributed by atoms with Crippen LogP contribution in [0.4, 0.5) is 0 Å². The maximum absolute atomic E-state index is 12.9. The summed E-state index contributed by atoms with van der Waals surface area (Å²) in [7, 11) is -3.54. The predicted molar refractivity (Wildman–Crippen MR) is 101 cm³/mol. The van der Waals surface area contributed by atoms with E-state index in [2.05, 4.69) is 5.32 Å². The lowest BCUT2D eigenvalue weighted by Gasteiger charge is -2.33. The van der Waals surface area contributed by atoms with Gasteiger partial charge in [-0.2, -0.15) is 4.31 Å². The van der Waals surface area contributed by atoms with Gasteiger partial charge in [-0.05, 0) is 43.4 Å². The molecule has 2 aliphatic rings. The molecule has 2 fully saturated rings. The van der Waals surface area contributed by atoms with Crippen molar-refractivity contribution in [3.05, 3.63) is 29.8 Å². The Morgan fingerprint density at radius 3 is 2.42 bits per heavy atom. The standard InChI is InChI=1S/C19H29N3O3S/c20-13-15-8-10-18(11-9-15)26(24,25)22-12-4-7-17(14-22)21-19(23)16-5-2-1-3-6-16/h8-11,16-17H,1-7,12-14,20H2,(H,21,23)/t17-/m0/s1. The lowest BCUT2D eigenvalue weighted by atomic mass is 9.88. The Labute approximate surface area is 156 Å². The van der Waals surface area contributed by atoms with E-state index >= 15 is 0 Å². The summed E-state index contributed by atoms with van der Waals surface area (Å²) in [4.78, 5) is 12.8. The third kappa shape index (κ3) is 4.45. The number of carbonyl (C=O) groups excluding carboxylic acids is 1. The Morgan fingerprint density at radius 2 is 1.77 bits per heavy atom. The van der Waals surface area contributed by atoms with E-state index in [1.54, 1.807) is 24.3 Å². The number of amides is 1. The third-order valence-corrected chi connectivity index (χ3v) is 7.38. The minimum atomic E-state index is -3.54. The maximum atomic E-state index is 12.9. The SMILES string of the molecule is NCc1ccc(S(=O)(=O)N2CCC[C@H](NC(=O)C3CCCCC3)C2)cc1. The first-order chi connectivity index (χ1) is 12.5. The number of sulfonamides is 1. The molecule has 3 N–H and O–H groups in total. The van der Waals surface area contributed by atoms with Crippen LogP contribution < -0.4 is 11.1 Å². The monoisotopic (exact) mass is 379 g/mol. The summed E-state index contributed by atoms with van der Waals surface area (Å²) in [6.45, 7) is 1.23. The lowest BCUT2D eigenvalue weighted by Crippen LogP contribution is -2.50. The van der Waals surface area contributed by atoms with Crippen LogP contribution in [0.2, 0.25) is 0 Å². The first-order valence-corrected chi connectivity index (χ1v) is 11.0. The minimum Gasteiger partial charge on any atom is -0.352 e. The van der Waals surface area contributed by atoms with Crippen LogP contribution in [0.3, 0.4) is 0 Å². The number of rotatable bonds is 5. The second kappa shape index (κ2) is 8.50. The summed E-state index contributed by atoms with van der Waals surface area (Å²) < 4.78 is 27.3. The quantitative estimate of drug-likeness (QED) is 0.818. The molecule has 0 aromatic heterocycles. The largest absolute Gasteiger partial charge is 0.352 e. The fraction of sp³-hybridized carbons (Fsp3) is 0.632. The Bertz CT molecular complexity index is 712. The van der Waals surface area contributed by atoms with Gasteiger partial charge in [-0.15, -0.1) is 0 Å². The van der Waals surface area contributed by atoms with Crippen molar-refractivity contribution in [3.8, 4) is 0 Å². The molecule has 144 valence electrons. The summed E-state index contributed by atoms with van der Waals surface area (Å²) in [5.74, 6) is 0.195. The van der Waals surface area contributed by atoms with E-state index in [0.717, 1.165) is 44.1 Å². The molecule has 1 aromatic carbocycles. The first kappa shape index (κ1) is 19.3.